The lowest BCUT2D eigenvalue weighted by Gasteiger charge is -2.22. The maximum atomic E-state index is 2.51. The molecule has 0 saturated heterocycles. The molecular weight excluding hydrogens is 132 g/mol. The summed E-state index contributed by atoms with van der Waals surface area (Å²) in [6.07, 6.45) is 13.6. The molecule has 1 saturated carbocycles. The summed E-state index contributed by atoms with van der Waals surface area (Å²) in [7, 11) is 0. The number of hydrogen-bond donors (Lipinski definition) is 0. The van der Waals surface area contributed by atoms with Crippen molar-refractivity contribution < 1.29 is 0 Å². The fourth-order valence-corrected chi connectivity index (χ4v) is 2.69. The Morgan fingerprint density at radius 2 is 2.45 bits per heavy atom. The molecule has 2 aliphatic rings. The minimum Gasteiger partial charge on any atom is -0.0848 e. The van der Waals surface area contributed by atoms with Crippen molar-refractivity contribution in [2.45, 2.75) is 45.4 Å². The van der Waals surface area contributed by atoms with Crippen molar-refractivity contribution in [3.63, 3.8) is 0 Å². The first-order valence-corrected chi connectivity index (χ1v) is 5.04. The lowest BCUT2D eigenvalue weighted by atomic mass is 9.83. The van der Waals surface area contributed by atoms with E-state index in [2.05, 4.69) is 19.1 Å². The summed E-state index contributed by atoms with van der Waals surface area (Å²) in [5.74, 6) is 0.965. The van der Waals surface area contributed by atoms with Crippen LogP contribution < -0.4 is 0 Å². The Hall–Kier alpha value is -0.260. The van der Waals surface area contributed by atoms with Crippen LogP contribution in [-0.4, -0.2) is 0 Å². The predicted molar refractivity (Wildman–Crippen MR) is 48.4 cm³/mol. The Labute approximate surface area is 69.7 Å². The molecule has 2 atom stereocenters. The van der Waals surface area contributed by atoms with Crippen molar-refractivity contribution in [3.05, 3.63) is 12.2 Å². The van der Waals surface area contributed by atoms with Crippen LogP contribution in [0.3, 0.4) is 0 Å². The molecule has 0 nitrogen and oxygen atoms in total. The van der Waals surface area contributed by atoms with Gasteiger partial charge in [0.2, 0.25) is 0 Å². The van der Waals surface area contributed by atoms with Gasteiger partial charge in [0, 0.05) is 0 Å². The van der Waals surface area contributed by atoms with Crippen LogP contribution in [0.25, 0.3) is 0 Å². The van der Waals surface area contributed by atoms with Gasteiger partial charge >= 0.3 is 0 Å². The maximum Gasteiger partial charge on any atom is -0.0112 e. The minimum absolute atomic E-state index is 0.681. The largest absolute Gasteiger partial charge is 0.0848 e. The zero-order valence-corrected chi connectivity index (χ0v) is 7.47. The molecule has 0 aromatic rings. The van der Waals surface area contributed by atoms with Crippen molar-refractivity contribution >= 4 is 0 Å². The first-order chi connectivity index (χ1) is 5.35. The highest BCUT2D eigenvalue weighted by Gasteiger charge is 2.39. The molecule has 0 radical (unpaired) electrons. The molecule has 0 aliphatic heterocycles. The Balaban J connectivity index is 1.95. The molecule has 0 N–H and O–H groups in total. The van der Waals surface area contributed by atoms with Crippen LogP contribution >= 0.6 is 0 Å². The Morgan fingerprint density at radius 3 is 2.91 bits per heavy atom. The second-order valence-electron chi connectivity index (χ2n) is 4.33. The van der Waals surface area contributed by atoms with E-state index in [1.807, 2.05) is 0 Å². The molecule has 2 unspecified atom stereocenters. The molecule has 0 aromatic heterocycles. The van der Waals surface area contributed by atoms with Crippen molar-refractivity contribution in [1.82, 2.24) is 0 Å². The molecule has 62 valence electrons. The monoisotopic (exact) mass is 150 g/mol. The Kier molecular flexibility index (Phi) is 1.78. The minimum atomic E-state index is 0.681. The summed E-state index contributed by atoms with van der Waals surface area (Å²) in [6, 6.07) is 0. The van der Waals surface area contributed by atoms with E-state index in [0.717, 1.165) is 5.92 Å². The molecule has 11 heavy (non-hydrogen) atoms. The Bertz CT molecular complexity index is 169. The van der Waals surface area contributed by atoms with Crippen molar-refractivity contribution in [3.8, 4) is 0 Å². The average molecular weight is 150 g/mol. The predicted octanol–water partition coefficient (Wildman–Crippen LogP) is 3.53. The highest BCUT2D eigenvalue weighted by atomic mass is 14.4. The fraction of sp³-hybridized carbons (Fsp3) is 0.818. The van der Waals surface area contributed by atoms with Gasteiger partial charge < -0.3 is 0 Å². The quantitative estimate of drug-likeness (QED) is 0.540. The van der Waals surface area contributed by atoms with Gasteiger partial charge in [0.15, 0.2) is 0 Å². The van der Waals surface area contributed by atoms with Gasteiger partial charge in [-0.1, -0.05) is 31.9 Å². The second kappa shape index (κ2) is 2.66. The third-order valence-electron chi connectivity index (χ3n) is 3.43. The molecule has 1 fully saturated rings. The van der Waals surface area contributed by atoms with Gasteiger partial charge in [-0.15, -0.1) is 0 Å². The fourth-order valence-electron chi connectivity index (χ4n) is 2.69. The van der Waals surface area contributed by atoms with Gasteiger partial charge in [-0.3, -0.25) is 0 Å². The van der Waals surface area contributed by atoms with Gasteiger partial charge in [0.25, 0.3) is 0 Å². The zero-order chi connectivity index (χ0) is 7.73. The SMILES string of the molecule is CCCCC12C=CC(CC1)C2. The second-order valence-corrected chi connectivity index (χ2v) is 4.33. The van der Waals surface area contributed by atoms with E-state index < -0.39 is 0 Å². The first kappa shape index (κ1) is 7.39. The van der Waals surface area contributed by atoms with Crippen LogP contribution in [0.1, 0.15) is 45.4 Å². The summed E-state index contributed by atoms with van der Waals surface area (Å²) >= 11 is 0. The molecule has 2 aliphatic carbocycles. The summed E-state index contributed by atoms with van der Waals surface area (Å²) in [5.41, 5.74) is 0.681. The van der Waals surface area contributed by atoms with Crippen LogP contribution in [0.4, 0.5) is 0 Å². The number of hydrogen-bond acceptors (Lipinski definition) is 0. The first-order valence-electron chi connectivity index (χ1n) is 5.04. The molecule has 0 aromatic carbocycles. The number of unbranched alkanes of at least 4 members (excludes halogenated alkanes) is 1. The molecule has 2 rings (SSSR count). The van der Waals surface area contributed by atoms with Crippen LogP contribution in [-0.2, 0) is 0 Å². The lowest BCUT2D eigenvalue weighted by Crippen LogP contribution is -2.10. The number of allylic oxidation sites excluding steroid dienone is 2. The third-order valence-corrected chi connectivity index (χ3v) is 3.43. The van der Waals surface area contributed by atoms with E-state index in [1.54, 1.807) is 0 Å². The van der Waals surface area contributed by atoms with Crippen LogP contribution in [0.2, 0.25) is 0 Å². The normalized spacial score (nSPS) is 40.3. The lowest BCUT2D eigenvalue weighted by molar-refractivity contribution is 0.357. The van der Waals surface area contributed by atoms with Gasteiger partial charge in [0.05, 0.1) is 0 Å². The maximum absolute atomic E-state index is 2.51. The molecule has 0 heteroatoms. The highest BCUT2D eigenvalue weighted by Crippen LogP contribution is 2.51. The van der Waals surface area contributed by atoms with E-state index in [0.29, 0.717) is 5.41 Å². The van der Waals surface area contributed by atoms with Crippen LogP contribution in [0.5, 0.6) is 0 Å². The van der Waals surface area contributed by atoms with E-state index in [1.165, 1.54) is 38.5 Å². The van der Waals surface area contributed by atoms with Crippen LogP contribution in [0.15, 0.2) is 12.2 Å². The van der Waals surface area contributed by atoms with Gasteiger partial charge in [0.1, 0.15) is 0 Å². The number of fused-ring (bicyclic) bond motifs is 2. The molecule has 0 amide bonds. The average Bonchev–Trinajstić information content (AvgIpc) is 2.60. The van der Waals surface area contributed by atoms with E-state index in [9.17, 15) is 0 Å². The van der Waals surface area contributed by atoms with Crippen molar-refractivity contribution in [1.29, 1.82) is 0 Å². The Morgan fingerprint density at radius 1 is 1.55 bits per heavy atom. The molecule has 2 bridgehead atoms. The topological polar surface area (TPSA) is 0 Å². The van der Waals surface area contributed by atoms with E-state index >= 15 is 0 Å². The van der Waals surface area contributed by atoms with Gasteiger partial charge in [-0.05, 0) is 37.0 Å². The van der Waals surface area contributed by atoms with Gasteiger partial charge in [-0.2, -0.15) is 0 Å². The third kappa shape index (κ3) is 1.23. The molecule has 0 heterocycles. The summed E-state index contributed by atoms with van der Waals surface area (Å²) in [5, 5.41) is 0. The molecular formula is C11H18. The van der Waals surface area contributed by atoms with Crippen molar-refractivity contribution in [2.75, 3.05) is 0 Å². The van der Waals surface area contributed by atoms with Gasteiger partial charge in [-0.25, -0.2) is 0 Å². The zero-order valence-electron chi connectivity index (χ0n) is 7.47. The number of rotatable bonds is 3. The van der Waals surface area contributed by atoms with E-state index in [4.69, 9.17) is 0 Å². The van der Waals surface area contributed by atoms with E-state index in [-0.39, 0.29) is 0 Å². The standard InChI is InChI=1S/C11H18/c1-2-3-6-11-7-4-10(9-11)5-8-11/h4,7,10H,2-3,5-6,8-9H2,1H3. The summed E-state index contributed by atoms with van der Waals surface area (Å²) in [4.78, 5) is 0. The van der Waals surface area contributed by atoms with Crippen LogP contribution in [0, 0.1) is 11.3 Å². The highest BCUT2D eigenvalue weighted by molar-refractivity contribution is 5.15. The summed E-state index contributed by atoms with van der Waals surface area (Å²) < 4.78 is 0. The van der Waals surface area contributed by atoms with Crippen molar-refractivity contribution in [2.24, 2.45) is 11.3 Å². The summed E-state index contributed by atoms with van der Waals surface area (Å²) in [6.45, 7) is 2.29. The smallest absolute Gasteiger partial charge is 0.0112 e. The molecule has 0 spiro atoms.